The highest BCUT2D eigenvalue weighted by Crippen LogP contribution is 2.37. The van der Waals surface area contributed by atoms with Crippen molar-refractivity contribution in [1.29, 1.82) is 0 Å². The summed E-state index contributed by atoms with van der Waals surface area (Å²) in [7, 11) is 1.85. The van der Waals surface area contributed by atoms with Gasteiger partial charge in [-0.05, 0) is 49.4 Å². The van der Waals surface area contributed by atoms with Crippen LogP contribution in [-0.4, -0.2) is 61.1 Å². The van der Waals surface area contributed by atoms with E-state index in [9.17, 15) is 4.79 Å². The Morgan fingerprint density at radius 2 is 2.08 bits per heavy atom. The van der Waals surface area contributed by atoms with E-state index in [-0.39, 0.29) is 11.9 Å². The van der Waals surface area contributed by atoms with Gasteiger partial charge in [-0.25, -0.2) is 9.97 Å². The summed E-state index contributed by atoms with van der Waals surface area (Å²) in [4.78, 5) is 36.2. The van der Waals surface area contributed by atoms with Gasteiger partial charge in [0.15, 0.2) is 17.6 Å². The van der Waals surface area contributed by atoms with Gasteiger partial charge in [0.05, 0.1) is 36.8 Å². The molecule has 2 fully saturated rings. The number of carbonyl (C=O) groups excluding carboxylic acids is 1. The van der Waals surface area contributed by atoms with Gasteiger partial charge in [0.1, 0.15) is 11.3 Å². The molecule has 192 valence electrons. The molecule has 1 aliphatic carbocycles. The van der Waals surface area contributed by atoms with E-state index in [1.807, 2.05) is 18.9 Å². The van der Waals surface area contributed by atoms with E-state index in [1.54, 1.807) is 41.4 Å². The zero-order chi connectivity index (χ0) is 26.2. The highest BCUT2D eigenvalue weighted by Gasteiger charge is 2.39. The molecule has 1 saturated heterocycles. The number of morpholine rings is 1. The molecule has 0 aromatic carbocycles. The van der Waals surface area contributed by atoms with Crippen LogP contribution in [0.3, 0.4) is 0 Å². The number of nitrogens with one attached hydrogen (secondary N) is 1. The Morgan fingerprint density at radius 3 is 2.82 bits per heavy atom. The van der Waals surface area contributed by atoms with Crippen LogP contribution in [0, 0.1) is 19.4 Å². The average Bonchev–Trinajstić information content (AvgIpc) is 3.72. The summed E-state index contributed by atoms with van der Waals surface area (Å²) < 4.78 is 13.5. The topological polar surface area (TPSA) is 112 Å². The van der Waals surface area contributed by atoms with Crippen LogP contribution < -0.4 is 10.1 Å². The Kier molecular flexibility index (Phi) is 6.09. The van der Waals surface area contributed by atoms with Crippen molar-refractivity contribution in [2.24, 2.45) is 13.0 Å². The second-order valence-corrected chi connectivity index (χ2v) is 9.59. The lowest BCUT2D eigenvalue weighted by Crippen LogP contribution is -2.49. The normalized spacial score (nSPS) is 17.3. The number of anilines is 2. The predicted molar refractivity (Wildman–Crippen MR) is 140 cm³/mol. The number of imidazole rings is 1. The molecule has 5 heterocycles. The van der Waals surface area contributed by atoms with Crippen molar-refractivity contribution in [3.8, 4) is 11.6 Å². The zero-order valence-electron chi connectivity index (χ0n) is 21.1. The van der Waals surface area contributed by atoms with Crippen LogP contribution in [0.2, 0.25) is 0 Å². The van der Waals surface area contributed by atoms with Gasteiger partial charge in [-0.15, -0.1) is 4.98 Å². The number of aryl methyl sites for hydroxylation is 2. The van der Waals surface area contributed by atoms with Crippen molar-refractivity contribution >= 4 is 34.4 Å². The Balaban J connectivity index is 1.24. The maximum absolute atomic E-state index is 13.2. The molecule has 0 radical (unpaired) electrons. The Bertz CT molecular complexity index is 1560. The molecule has 4 aromatic rings. The average molecular weight is 511 g/mol. The first kappa shape index (κ1) is 23.8. The molecular formula is C27H26N8O3. The monoisotopic (exact) mass is 510 g/mol. The fraction of sp³-hybridized carbons (Fsp3) is 0.333. The molecule has 11 nitrogen and oxygen atoms in total. The van der Waals surface area contributed by atoms with Crippen molar-refractivity contribution in [3.05, 3.63) is 65.5 Å². The summed E-state index contributed by atoms with van der Waals surface area (Å²) in [5, 5.41) is 3.29. The minimum atomic E-state index is -0.0100. The molecule has 1 aliphatic heterocycles. The first-order valence-corrected chi connectivity index (χ1v) is 12.5. The highest BCUT2D eigenvalue weighted by molar-refractivity contribution is 5.94. The SMILES string of the molecule is [C-]#[N+]c1cc(C)c(Oc2cc(Nc3ccc(C(=O)N4CCOCC4C4CC4)cn3)c3ncn(C)c3n2)cn1. The van der Waals surface area contributed by atoms with Crippen LogP contribution in [0.15, 0.2) is 43.0 Å². The molecule has 6 rings (SSSR count). The second kappa shape index (κ2) is 9.72. The Morgan fingerprint density at radius 1 is 1.21 bits per heavy atom. The minimum Gasteiger partial charge on any atom is -0.435 e. The van der Waals surface area contributed by atoms with Gasteiger partial charge in [-0.1, -0.05) is 6.57 Å². The van der Waals surface area contributed by atoms with E-state index in [0.29, 0.717) is 71.4 Å². The predicted octanol–water partition coefficient (Wildman–Crippen LogP) is 4.40. The molecular weight excluding hydrogens is 484 g/mol. The third-order valence-electron chi connectivity index (χ3n) is 6.89. The largest absolute Gasteiger partial charge is 0.435 e. The number of ether oxygens (including phenoxy) is 2. The maximum atomic E-state index is 13.2. The molecule has 0 spiro atoms. The van der Waals surface area contributed by atoms with Crippen LogP contribution in [0.4, 0.5) is 17.3 Å². The van der Waals surface area contributed by atoms with Gasteiger partial charge >= 0.3 is 0 Å². The van der Waals surface area contributed by atoms with E-state index in [0.717, 1.165) is 18.4 Å². The smallest absolute Gasteiger partial charge is 0.269 e. The number of carbonyl (C=O) groups is 1. The lowest BCUT2D eigenvalue weighted by Gasteiger charge is -2.35. The third-order valence-corrected chi connectivity index (χ3v) is 6.89. The van der Waals surface area contributed by atoms with E-state index in [2.05, 4.69) is 30.1 Å². The third kappa shape index (κ3) is 4.62. The van der Waals surface area contributed by atoms with Gasteiger partial charge in [0.25, 0.3) is 11.7 Å². The summed E-state index contributed by atoms with van der Waals surface area (Å²) in [6.07, 6.45) is 7.11. The van der Waals surface area contributed by atoms with Crippen molar-refractivity contribution < 1.29 is 14.3 Å². The molecule has 11 heteroatoms. The van der Waals surface area contributed by atoms with Crippen LogP contribution in [0.25, 0.3) is 16.0 Å². The van der Waals surface area contributed by atoms with Gasteiger partial charge in [-0.2, -0.15) is 4.98 Å². The van der Waals surface area contributed by atoms with E-state index in [4.69, 9.17) is 16.0 Å². The molecule has 1 saturated carbocycles. The van der Waals surface area contributed by atoms with Crippen LogP contribution in [0.1, 0.15) is 28.8 Å². The summed E-state index contributed by atoms with van der Waals surface area (Å²) in [5.74, 6) is 2.24. The van der Waals surface area contributed by atoms with Crippen molar-refractivity contribution in [2.75, 3.05) is 25.1 Å². The number of nitrogens with zero attached hydrogens (tertiary/aromatic N) is 7. The minimum absolute atomic E-state index is 0.0100. The van der Waals surface area contributed by atoms with Crippen molar-refractivity contribution in [3.63, 3.8) is 0 Å². The molecule has 1 amide bonds. The van der Waals surface area contributed by atoms with Crippen LogP contribution >= 0.6 is 0 Å². The van der Waals surface area contributed by atoms with Gasteiger partial charge in [0.2, 0.25) is 5.88 Å². The standard InChI is InChI=1S/C27H26N8O3/c1-16-10-23(28-2)30-13-21(16)38-24-11-19(25-26(33-24)34(3)15-31-25)32-22-7-6-18(12-29-22)27(36)35-8-9-37-14-20(35)17-4-5-17/h6-7,10-13,15,17,20H,4-5,8-9,14H2,1,3H3,(H,29,32,33). The molecule has 0 bridgehead atoms. The number of hydrogen-bond donors (Lipinski definition) is 1. The van der Waals surface area contributed by atoms with Crippen LogP contribution in [0.5, 0.6) is 11.6 Å². The molecule has 4 aromatic heterocycles. The van der Waals surface area contributed by atoms with E-state index >= 15 is 0 Å². The molecule has 1 unspecified atom stereocenters. The summed E-state index contributed by atoms with van der Waals surface area (Å²) in [6.45, 7) is 10.8. The van der Waals surface area contributed by atoms with Crippen molar-refractivity contribution in [2.45, 2.75) is 25.8 Å². The summed E-state index contributed by atoms with van der Waals surface area (Å²) in [5.41, 5.74) is 3.26. The number of fused-ring (bicyclic) bond motifs is 1. The fourth-order valence-corrected chi connectivity index (χ4v) is 4.68. The molecule has 1 atom stereocenters. The van der Waals surface area contributed by atoms with Crippen molar-refractivity contribution in [1.82, 2.24) is 29.4 Å². The fourth-order valence-electron chi connectivity index (χ4n) is 4.68. The zero-order valence-corrected chi connectivity index (χ0v) is 21.1. The first-order valence-electron chi connectivity index (χ1n) is 12.5. The number of rotatable bonds is 6. The molecule has 1 N–H and O–H groups in total. The van der Waals surface area contributed by atoms with Gasteiger partial charge in [0, 0.05) is 25.9 Å². The lowest BCUT2D eigenvalue weighted by atomic mass is 10.1. The second-order valence-electron chi connectivity index (χ2n) is 9.59. The van der Waals surface area contributed by atoms with Gasteiger partial charge < -0.3 is 29.1 Å². The lowest BCUT2D eigenvalue weighted by molar-refractivity contribution is -0.00836. The highest BCUT2D eigenvalue weighted by atomic mass is 16.5. The molecule has 2 aliphatic rings. The Labute approximate surface area is 219 Å². The number of amides is 1. The quantitative estimate of drug-likeness (QED) is 0.380. The molecule has 38 heavy (non-hydrogen) atoms. The first-order chi connectivity index (χ1) is 18.5. The number of pyridine rings is 3. The van der Waals surface area contributed by atoms with Crippen LogP contribution in [-0.2, 0) is 11.8 Å². The summed E-state index contributed by atoms with van der Waals surface area (Å²) >= 11 is 0. The van der Waals surface area contributed by atoms with E-state index in [1.165, 1.54) is 6.20 Å². The Hall–Kier alpha value is -4.56. The maximum Gasteiger partial charge on any atom is 0.269 e. The van der Waals surface area contributed by atoms with E-state index < -0.39 is 0 Å². The summed E-state index contributed by atoms with van der Waals surface area (Å²) in [6, 6.07) is 7.14. The van der Waals surface area contributed by atoms with Gasteiger partial charge in [-0.3, -0.25) is 4.79 Å². The number of hydrogen-bond acceptors (Lipinski definition) is 8. The number of aromatic nitrogens is 5.